The van der Waals surface area contributed by atoms with E-state index in [1.54, 1.807) is 18.6 Å². The normalized spacial score (nSPS) is 17.3. The summed E-state index contributed by atoms with van der Waals surface area (Å²) in [6, 6.07) is 8.65. The number of rotatable bonds is 4. The van der Waals surface area contributed by atoms with E-state index in [2.05, 4.69) is 41.2 Å². The largest absolute Gasteiger partial charge is 0.349 e. The Morgan fingerprint density at radius 3 is 3.00 bits per heavy atom. The van der Waals surface area contributed by atoms with Gasteiger partial charge in [-0.2, -0.15) is 0 Å². The number of aromatic nitrogens is 2. The fourth-order valence-electron chi connectivity index (χ4n) is 3.15. The predicted octanol–water partition coefficient (Wildman–Crippen LogP) is 2.58. The Labute approximate surface area is 137 Å². The number of hydrogen-bond donors (Lipinski definition) is 0. The highest BCUT2D eigenvalue weighted by atomic mass is 16.2. The van der Waals surface area contributed by atoms with Gasteiger partial charge in [0, 0.05) is 26.0 Å². The number of anilines is 1. The van der Waals surface area contributed by atoms with Crippen LogP contribution < -0.4 is 4.90 Å². The minimum atomic E-state index is 0.141. The molecule has 5 heteroatoms. The number of carbonyl (C=O) groups is 1. The highest BCUT2D eigenvalue weighted by Crippen LogP contribution is 2.32. The van der Waals surface area contributed by atoms with E-state index in [0.717, 1.165) is 19.4 Å². The Hall–Kier alpha value is -2.43. The molecule has 1 aliphatic heterocycles. The van der Waals surface area contributed by atoms with Crippen LogP contribution in [-0.4, -0.2) is 40.9 Å². The standard InChI is InChI=1S/C18H22N4O/c1-14-5-3-6-15(11-14)16-7-4-10-22(16)18(23)13-21(2)17-12-19-8-9-20-17/h3,5-6,8-9,11-12,16H,4,7,10,13H2,1-2H3/t16-/m0/s1. The highest BCUT2D eigenvalue weighted by molar-refractivity contribution is 5.81. The predicted molar refractivity (Wildman–Crippen MR) is 90.2 cm³/mol. The van der Waals surface area contributed by atoms with Crippen molar-refractivity contribution >= 4 is 11.7 Å². The molecule has 0 unspecified atom stereocenters. The van der Waals surface area contributed by atoms with E-state index in [-0.39, 0.29) is 11.9 Å². The maximum Gasteiger partial charge on any atom is 0.242 e. The second-order valence-corrected chi connectivity index (χ2v) is 6.08. The van der Waals surface area contributed by atoms with Gasteiger partial charge < -0.3 is 9.80 Å². The molecule has 23 heavy (non-hydrogen) atoms. The molecule has 1 aromatic heterocycles. The van der Waals surface area contributed by atoms with Gasteiger partial charge in [0.15, 0.2) is 0 Å². The molecule has 120 valence electrons. The molecule has 2 heterocycles. The molecule has 0 aliphatic carbocycles. The maximum atomic E-state index is 12.7. The van der Waals surface area contributed by atoms with Crippen LogP contribution in [0.1, 0.15) is 30.0 Å². The van der Waals surface area contributed by atoms with Crippen LogP contribution in [0.4, 0.5) is 5.82 Å². The lowest BCUT2D eigenvalue weighted by molar-refractivity contribution is -0.130. The quantitative estimate of drug-likeness (QED) is 0.871. The lowest BCUT2D eigenvalue weighted by Gasteiger charge is -2.28. The molecule has 1 atom stereocenters. The van der Waals surface area contributed by atoms with Crippen LogP contribution in [0.3, 0.4) is 0 Å². The smallest absolute Gasteiger partial charge is 0.242 e. The lowest BCUT2D eigenvalue weighted by atomic mass is 10.0. The number of benzene rings is 1. The average Bonchev–Trinajstić information content (AvgIpc) is 3.05. The van der Waals surface area contributed by atoms with E-state index in [1.165, 1.54) is 11.1 Å². The zero-order valence-corrected chi connectivity index (χ0v) is 13.6. The van der Waals surface area contributed by atoms with Crippen LogP contribution in [0.2, 0.25) is 0 Å². The lowest BCUT2D eigenvalue weighted by Crippen LogP contribution is -2.39. The highest BCUT2D eigenvalue weighted by Gasteiger charge is 2.30. The third-order valence-corrected chi connectivity index (χ3v) is 4.31. The van der Waals surface area contributed by atoms with Crippen molar-refractivity contribution < 1.29 is 4.79 Å². The summed E-state index contributed by atoms with van der Waals surface area (Å²) in [7, 11) is 1.87. The van der Waals surface area contributed by atoms with Crippen LogP contribution >= 0.6 is 0 Å². The van der Waals surface area contributed by atoms with Gasteiger partial charge in [0.2, 0.25) is 5.91 Å². The summed E-state index contributed by atoms with van der Waals surface area (Å²) in [6.07, 6.45) is 7.04. The van der Waals surface area contributed by atoms with E-state index >= 15 is 0 Å². The molecule has 1 aliphatic rings. The minimum absolute atomic E-state index is 0.141. The summed E-state index contributed by atoms with van der Waals surface area (Å²) in [6.45, 7) is 3.24. The van der Waals surface area contributed by atoms with Gasteiger partial charge >= 0.3 is 0 Å². The van der Waals surface area contributed by atoms with E-state index in [4.69, 9.17) is 0 Å². The first kappa shape index (κ1) is 15.5. The average molecular weight is 310 g/mol. The number of likely N-dealkylation sites (tertiary alicyclic amines) is 1. The number of aryl methyl sites for hydroxylation is 1. The molecule has 1 amide bonds. The second kappa shape index (κ2) is 6.77. The second-order valence-electron chi connectivity index (χ2n) is 6.08. The van der Waals surface area contributed by atoms with E-state index in [0.29, 0.717) is 12.4 Å². The molecule has 2 aromatic rings. The van der Waals surface area contributed by atoms with Gasteiger partial charge in [-0.3, -0.25) is 9.78 Å². The van der Waals surface area contributed by atoms with Crippen molar-refractivity contribution in [3.63, 3.8) is 0 Å². The van der Waals surface area contributed by atoms with Crippen molar-refractivity contribution in [1.29, 1.82) is 0 Å². The van der Waals surface area contributed by atoms with Gasteiger partial charge in [0.1, 0.15) is 5.82 Å². The van der Waals surface area contributed by atoms with E-state index in [1.807, 2.05) is 16.8 Å². The molecule has 0 N–H and O–H groups in total. The Morgan fingerprint density at radius 2 is 2.26 bits per heavy atom. The fraction of sp³-hybridized carbons (Fsp3) is 0.389. The van der Waals surface area contributed by atoms with E-state index in [9.17, 15) is 4.79 Å². The van der Waals surface area contributed by atoms with Gasteiger partial charge in [-0.25, -0.2) is 4.98 Å². The van der Waals surface area contributed by atoms with Gasteiger partial charge in [0.05, 0.1) is 18.8 Å². The molecule has 0 saturated carbocycles. The minimum Gasteiger partial charge on any atom is -0.349 e. The van der Waals surface area contributed by atoms with Crippen LogP contribution in [0.5, 0.6) is 0 Å². The Kier molecular flexibility index (Phi) is 4.55. The molecular formula is C18H22N4O. The van der Waals surface area contributed by atoms with Crippen molar-refractivity contribution in [2.45, 2.75) is 25.8 Å². The van der Waals surface area contributed by atoms with Gasteiger partial charge in [-0.15, -0.1) is 0 Å². The summed E-state index contributed by atoms with van der Waals surface area (Å²) in [5.74, 6) is 0.856. The zero-order chi connectivity index (χ0) is 16.2. The Morgan fingerprint density at radius 1 is 1.39 bits per heavy atom. The molecule has 0 spiro atoms. The van der Waals surface area contributed by atoms with Gasteiger partial charge in [0.25, 0.3) is 0 Å². The molecule has 5 nitrogen and oxygen atoms in total. The summed E-state index contributed by atoms with van der Waals surface area (Å²) < 4.78 is 0. The molecular weight excluding hydrogens is 288 g/mol. The third kappa shape index (κ3) is 3.50. The monoisotopic (exact) mass is 310 g/mol. The summed E-state index contributed by atoms with van der Waals surface area (Å²) in [5.41, 5.74) is 2.47. The fourth-order valence-corrected chi connectivity index (χ4v) is 3.15. The Balaban J connectivity index is 1.71. The molecule has 0 bridgehead atoms. The summed E-state index contributed by atoms with van der Waals surface area (Å²) in [5, 5.41) is 0. The first-order valence-electron chi connectivity index (χ1n) is 7.98. The summed E-state index contributed by atoms with van der Waals surface area (Å²) in [4.78, 5) is 24.9. The topological polar surface area (TPSA) is 49.3 Å². The molecule has 1 fully saturated rings. The first-order chi connectivity index (χ1) is 11.1. The van der Waals surface area contributed by atoms with Crippen LogP contribution in [0, 0.1) is 6.92 Å². The van der Waals surface area contributed by atoms with Gasteiger partial charge in [-0.1, -0.05) is 29.8 Å². The number of hydrogen-bond acceptors (Lipinski definition) is 4. The van der Waals surface area contributed by atoms with Crippen molar-refractivity contribution in [2.24, 2.45) is 0 Å². The molecule has 1 saturated heterocycles. The van der Waals surface area contributed by atoms with Crippen molar-refractivity contribution in [3.05, 3.63) is 54.0 Å². The third-order valence-electron chi connectivity index (χ3n) is 4.31. The Bertz CT molecular complexity index is 674. The van der Waals surface area contributed by atoms with Crippen molar-refractivity contribution in [3.8, 4) is 0 Å². The van der Waals surface area contributed by atoms with E-state index < -0.39 is 0 Å². The molecule has 1 aromatic carbocycles. The molecule has 3 rings (SSSR count). The SMILES string of the molecule is Cc1cccc([C@@H]2CCCN2C(=O)CN(C)c2cnccn2)c1. The number of carbonyl (C=O) groups excluding carboxylic acids is 1. The summed E-state index contributed by atoms with van der Waals surface area (Å²) >= 11 is 0. The van der Waals surface area contributed by atoms with Gasteiger partial charge in [-0.05, 0) is 25.3 Å². The number of likely N-dealkylation sites (N-methyl/N-ethyl adjacent to an activating group) is 1. The van der Waals surface area contributed by atoms with Crippen LogP contribution in [0.15, 0.2) is 42.9 Å². The zero-order valence-electron chi connectivity index (χ0n) is 13.6. The molecule has 0 radical (unpaired) electrons. The van der Waals surface area contributed by atoms with Crippen LogP contribution in [-0.2, 0) is 4.79 Å². The van der Waals surface area contributed by atoms with Crippen LogP contribution in [0.25, 0.3) is 0 Å². The number of nitrogens with zero attached hydrogens (tertiary/aromatic N) is 4. The maximum absolute atomic E-state index is 12.7. The van der Waals surface area contributed by atoms with Crippen molar-refractivity contribution in [2.75, 3.05) is 25.0 Å². The number of amides is 1. The first-order valence-corrected chi connectivity index (χ1v) is 7.98. The van der Waals surface area contributed by atoms with Crippen molar-refractivity contribution in [1.82, 2.24) is 14.9 Å².